The number of rotatable bonds is 7. The van der Waals surface area contributed by atoms with Crippen molar-refractivity contribution in [1.82, 2.24) is 0 Å². The van der Waals surface area contributed by atoms with Crippen LogP contribution in [-0.2, 0) is 11.2 Å². The lowest BCUT2D eigenvalue weighted by molar-refractivity contribution is -0.136. The zero-order valence-corrected chi connectivity index (χ0v) is 10.4. The summed E-state index contributed by atoms with van der Waals surface area (Å²) in [7, 11) is 0. The van der Waals surface area contributed by atoms with Crippen molar-refractivity contribution in [2.24, 2.45) is 0 Å². The molecule has 0 aliphatic rings. The molecule has 0 fully saturated rings. The predicted octanol–water partition coefficient (Wildman–Crippen LogP) is 3.22. The summed E-state index contributed by atoms with van der Waals surface area (Å²) in [6.45, 7) is 1.97. The Hall–Kier alpha value is -0.960. The molecule has 0 amide bonds. The lowest BCUT2D eigenvalue weighted by Crippen LogP contribution is -2.06. The van der Waals surface area contributed by atoms with E-state index in [-0.39, 0.29) is 11.7 Å². The normalized spacial score (nSPS) is 12.3. The van der Waals surface area contributed by atoms with Crippen LogP contribution < -0.4 is 0 Å². The van der Waals surface area contributed by atoms with E-state index >= 15 is 0 Å². The summed E-state index contributed by atoms with van der Waals surface area (Å²) >= 11 is 1.74. The van der Waals surface area contributed by atoms with Crippen molar-refractivity contribution < 1.29 is 9.90 Å². The third-order valence-electron chi connectivity index (χ3n) is 2.32. The van der Waals surface area contributed by atoms with E-state index in [1.54, 1.807) is 11.8 Å². The van der Waals surface area contributed by atoms with Crippen LogP contribution in [0, 0.1) is 0 Å². The second kappa shape index (κ2) is 7.34. The van der Waals surface area contributed by atoms with Crippen LogP contribution in [-0.4, -0.2) is 22.1 Å². The maximum atomic E-state index is 10.5. The van der Waals surface area contributed by atoms with Gasteiger partial charge in [0.1, 0.15) is 0 Å². The van der Waals surface area contributed by atoms with E-state index in [0.29, 0.717) is 0 Å². The summed E-state index contributed by atoms with van der Waals surface area (Å²) in [6, 6.07) is 10.4. The average molecular weight is 238 g/mol. The number of aliphatic carboxylic acids is 1. The van der Waals surface area contributed by atoms with Gasteiger partial charge in [0.15, 0.2) is 0 Å². The minimum atomic E-state index is -0.706. The van der Waals surface area contributed by atoms with E-state index in [1.807, 2.05) is 13.0 Å². The SMILES string of the molecule is CC(CC(=O)O)SCCCc1ccccc1. The maximum Gasteiger partial charge on any atom is 0.304 e. The van der Waals surface area contributed by atoms with Gasteiger partial charge in [-0.3, -0.25) is 4.79 Å². The maximum absolute atomic E-state index is 10.5. The van der Waals surface area contributed by atoms with Gasteiger partial charge in [0.2, 0.25) is 0 Å². The fraction of sp³-hybridized carbons (Fsp3) is 0.462. The molecule has 16 heavy (non-hydrogen) atoms. The molecule has 2 nitrogen and oxygen atoms in total. The van der Waals surface area contributed by atoms with E-state index in [9.17, 15) is 4.79 Å². The second-order valence-corrected chi connectivity index (χ2v) is 5.41. The van der Waals surface area contributed by atoms with Crippen LogP contribution in [0.25, 0.3) is 0 Å². The molecule has 0 radical (unpaired) electrons. The summed E-state index contributed by atoms with van der Waals surface area (Å²) in [5.74, 6) is 0.326. The molecule has 88 valence electrons. The molecule has 0 aromatic heterocycles. The molecule has 3 heteroatoms. The molecule has 1 rings (SSSR count). The number of benzene rings is 1. The first-order chi connectivity index (χ1) is 7.68. The van der Waals surface area contributed by atoms with E-state index in [0.717, 1.165) is 18.6 Å². The predicted molar refractivity (Wildman–Crippen MR) is 68.9 cm³/mol. The molecule has 0 spiro atoms. The number of hydrogen-bond donors (Lipinski definition) is 1. The molecule has 1 N–H and O–H groups in total. The highest BCUT2D eigenvalue weighted by molar-refractivity contribution is 7.99. The largest absolute Gasteiger partial charge is 0.481 e. The highest BCUT2D eigenvalue weighted by atomic mass is 32.2. The third-order valence-corrected chi connectivity index (χ3v) is 3.58. The van der Waals surface area contributed by atoms with Crippen LogP contribution in [0.5, 0.6) is 0 Å². The van der Waals surface area contributed by atoms with E-state index in [1.165, 1.54) is 5.56 Å². The Morgan fingerprint density at radius 3 is 2.69 bits per heavy atom. The lowest BCUT2D eigenvalue weighted by Gasteiger charge is -2.07. The molecular weight excluding hydrogens is 220 g/mol. The topological polar surface area (TPSA) is 37.3 Å². The quantitative estimate of drug-likeness (QED) is 0.741. The minimum Gasteiger partial charge on any atom is -0.481 e. The van der Waals surface area contributed by atoms with Crippen molar-refractivity contribution in [2.45, 2.75) is 31.4 Å². The fourth-order valence-electron chi connectivity index (χ4n) is 1.51. The number of aryl methyl sites for hydroxylation is 1. The lowest BCUT2D eigenvalue weighted by atomic mass is 10.1. The molecular formula is C13H18O2S. The summed E-state index contributed by atoms with van der Waals surface area (Å²) in [5.41, 5.74) is 1.36. The first-order valence-corrected chi connectivity index (χ1v) is 6.60. The summed E-state index contributed by atoms with van der Waals surface area (Å²) in [5, 5.41) is 8.82. The van der Waals surface area contributed by atoms with Crippen molar-refractivity contribution >= 4 is 17.7 Å². The molecule has 0 aliphatic carbocycles. The van der Waals surface area contributed by atoms with Crippen LogP contribution in [0.1, 0.15) is 25.3 Å². The summed E-state index contributed by atoms with van der Waals surface area (Å²) in [6.07, 6.45) is 2.45. The zero-order valence-electron chi connectivity index (χ0n) is 9.56. The van der Waals surface area contributed by atoms with Crippen molar-refractivity contribution in [2.75, 3.05) is 5.75 Å². The van der Waals surface area contributed by atoms with E-state index in [2.05, 4.69) is 24.3 Å². The van der Waals surface area contributed by atoms with Gasteiger partial charge in [0, 0.05) is 5.25 Å². The van der Waals surface area contributed by atoms with Gasteiger partial charge in [-0.2, -0.15) is 11.8 Å². The molecule has 0 saturated heterocycles. The first kappa shape index (κ1) is 13.1. The highest BCUT2D eigenvalue weighted by Gasteiger charge is 2.07. The molecule has 1 atom stereocenters. The molecule has 0 bridgehead atoms. The van der Waals surface area contributed by atoms with Crippen molar-refractivity contribution in [3.8, 4) is 0 Å². The van der Waals surface area contributed by atoms with Gasteiger partial charge in [0.05, 0.1) is 6.42 Å². The Kier molecular flexibility index (Phi) is 6.01. The second-order valence-electron chi connectivity index (χ2n) is 3.87. The number of carbonyl (C=O) groups is 1. The molecule has 1 aromatic rings. The highest BCUT2D eigenvalue weighted by Crippen LogP contribution is 2.16. The fourth-order valence-corrected chi connectivity index (χ4v) is 2.48. The van der Waals surface area contributed by atoms with E-state index in [4.69, 9.17) is 5.11 Å². The molecule has 1 unspecified atom stereocenters. The van der Waals surface area contributed by atoms with Crippen LogP contribution >= 0.6 is 11.8 Å². The molecule has 1 aromatic carbocycles. The Balaban J connectivity index is 2.10. The minimum absolute atomic E-state index is 0.216. The van der Waals surface area contributed by atoms with Gasteiger partial charge in [-0.1, -0.05) is 37.3 Å². The number of carboxylic acid groups (broad SMARTS) is 1. The van der Waals surface area contributed by atoms with Gasteiger partial charge >= 0.3 is 5.97 Å². The van der Waals surface area contributed by atoms with Crippen LogP contribution in [0.15, 0.2) is 30.3 Å². The van der Waals surface area contributed by atoms with Gasteiger partial charge in [-0.05, 0) is 24.2 Å². The van der Waals surface area contributed by atoms with Crippen molar-refractivity contribution in [1.29, 1.82) is 0 Å². The average Bonchev–Trinajstić information content (AvgIpc) is 2.25. The third kappa shape index (κ3) is 5.81. The monoisotopic (exact) mass is 238 g/mol. The smallest absolute Gasteiger partial charge is 0.304 e. The molecule has 0 heterocycles. The molecule has 0 saturated carbocycles. The number of thioether (sulfide) groups is 1. The molecule has 0 aliphatic heterocycles. The van der Waals surface area contributed by atoms with Gasteiger partial charge in [0.25, 0.3) is 0 Å². The Morgan fingerprint density at radius 2 is 2.06 bits per heavy atom. The van der Waals surface area contributed by atoms with Gasteiger partial charge < -0.3 is 5.11 Å². The zero-order chi connectivity index (χ0) is 11.8. The standard InChI is InChI=1S/C13H18O2S/c1-11(10-13(14)15)16-9-5-8-12-6-3-2-4-7-12/h2-4,6-7,11H,5,8-10H2,1H3,(H,14,15). The van der Waals surface area contributed by atoms with Gasteiger partial charge in [-0.25, -0.2) is 0 Å². The van der Waals surface area contributed by atoms with E-state index < -0.39 is 5.97 Å². The summed E-state index contributed by atoms with van der Waals surface area (Å²) < 4.78 is 0. The number of carboxylic acids is 1. The van der Waals surface area contributed by atoms with Crippen molar-refractivity contribution in [3.05, 3.63) is 35.9 Å². The Labute approximate surface area is 101 Å². The van der Waals surface area contributed by atoms with Crippen LogP contribution in [0.4, 0.5) is 0 Å². The van der Waals surface area contributed by atoms with Gasteiger partial charge in [-0.15, -0.1) is 0 Å². The van der Waals surface area contributed by atoms with Crippen LogP contribution in [0.2, 0.25) is 0 Å². The Morgan fingerprint density at radius 1 is 1.38 bits per heavy atom. The van der Waals surface area contributed by atoms with Crippen molar-refractivity contribution in [3.63, 3.8) is 0 Å². The number of hydrogen-bond acceptors (Lipinski definition) is 2. The summed E-state index contributed by atoms with van der Waals surface area (Å²) in [4.78, 5) is 10.5. The van der Waals surface area contributed by atoms with Crippen LogP contribution in [0.3, 0.4) is 0 Å². The Bertz CT molecular complexity index is 311. The first-order valence-electron chi connectivity index (χ1n) is 5.56.